The Bertz CT molecular complexity index is 1150. The van der Waals surface area contributed by atoms with Gasteiger partial charge in [0.25, 0.3) is 11.8 Å². The molecule has 2 aromatic heterocycles. The van der Waals surface area contributed by atoms with Crippen molar-refractivity contribution in [3.05, 3.63) is 65.6 Å². The van der Waals surface area contributed by atoms with Crippen LogP contribution in [0.4, 0.5) is 5.69 Å². The quantitative estimate of drug-likeness (QED) is 0.624. The summed E-state index contributed by atoms with van der Waals surface area (Å²) >= 11 is 0. The van der Waals surface area contributed by atoms with Gasteiger partial charge in [-0.2, -0.15) is 5.10 Å². The lowest BCUT2D eigenvalue weighted by Crippen LogP contribution is -2.52. The van der Waals surface area contributed by atoms with E-state index in [2.05, 4.69) is 15.4 Å². The number of fused-ring (bicyclic) bond motifs is 1. The summed E-state index contributed by atoms with van der Waals surface area (Å²) in [5.41, 5.74) is 2.93. The number of aromatic nitrogens is 3. The van der Waals surface area contributed by atoms with Crippen LogP contribution in [0, 0.1) is 13.8 Å². The van der Waals surface area contributed by atoms with E-state index in [0.717, 1.165) is 24.2 Å². The molecule has 1 unspecified atom stereocenters. The van der Waals surface area contributed by atoms with Crippen LogP contribution in [0.15, 0.2) is 48.7 Å². The molecule has 3 aromatic rings. The van der Waals surface area contributed by atoms with Crippen molar-refractivity contribution in [1.29, 1.82) is 0 Å². The van der Waals surface area contributed by atoms with Crippen molar-refractivity contribution < 1.29 is 14.3 Å². The fourth-order valence-electron chi connectivity index (χ4n) is 4.00. The Labute approximate surface area is 193 Å². The monoisotopic (exact) mass is 447 g/mol. The van der Waals surface area contributed by atoms with E-state index < -0.39 is 6.10 Å². The first-order chi connectivity index (χ1) is 15.9. The molecule has 1 aliphatic rings. The van der Waals surface area contributed by atoms with Crippen molar-refractivity contribution in [1.82, 2.24) is 20.1 Å². The normalized spacial score (nSPS) is 15.2. The predicted octanol–water partition coefficient (Wildman–Crippen LogP) is 3.60. The van der Waals surface area contributed by atoms with E-state index in [9.17, 15) is 9.59 Å². The van der Waals surface area contributed by atoms with E-state index in [4.69, 9.17) is 4.74 Å². The van der Waals surface area contributed by atoms with Crippen LogP contribution < -0.4 is 15.0 Å². The van der Waals surface area contributed by atoms with Gasteiger partial charge in [0.2, 0.25) is 0 Å². The fourth-order valence-corrected chi connectivity index (χ4v) is 4.00. The molecule has 0 saturated heterocycles. The molecule has 8 heteroatoms. The van der Waals surface area contributed by atoms with Crippen molar-refractivity contribution >= 4 is 17.5 Å². The second kappa shape index (κ2) is 9.44. The molecule has 33 heavy (non-hydrogen) atoms. The lowest BCUT2D eigenvalue weighted by molar-refractivity contribution is -0.128. The van der Waals surface area contributed by atoms with Crippen LogP contribution >= 0.6 is 0 Å². The van der Waals surface area contributed by atoms with Crippen molar-refractivity contribution in [3.8, 4) is 11.6 Å². The lowest BCUT2D eigenvalue weighted by Gasteiger charge is -2.34. The summed E-state index contributed by atoms with van der Waals surface area (Å²) in [6.45, 7) is 8.07. The van der Waals surface area contributed by atoms with Gasteiger partial charge in [-0.25, -0.2) is 9.67 Å². The average molecular weight is 448 g/mol. The van der Waals surface area contributed by atoms with Crippen molar-refractivity contribution in [2.45, 2.75) is 52.7 Å². The third-order valence-corrected chi connectivity index (χ3v) is 5.86. The average Bonchev–Trinajstić information content (AvgIpc) is 3.18. The molecule has 0 saturated carbocycles. The number of carbonyl (C=O) groups is 2. The van der Waals surface area contributed by atoms with E-state index in [0.29, 0.717) is 22.8 Å². The number of para-hydroxylation sites is 2. The molecule has 4 rings (SSSR count). The van der Waals surface area contributed by atoms with E-state index in [1.807, 2.05) is 52.0 Å². The van der Waals surface area contributed by atoms with Gasteiger partial charge in [0.1, 0.15) is 5.75 Å². The molecular weight excluding hydrogens is 418 g/mol. The van der Waals surface area contributed by atoms with Crippen LogP contribution in [0.1, 0.15) is 48.4 Å². The minimum Gasteiger partial charge on any atom is -0.477 e. The second-order valence-corrected chi connectivity index (χ2v) is 8.26. The Morgan fingerprint density at radius 2 is 1.91 bits per heavy atom. The number of aryl methyl sites for hydroxylation is 2. The Hall–Kier alpha value is -3.68. The summed E-state index contributed by atoms with van der Waals surface area (Å²) < 4.78 is 7.70. The maximum absolute atomic E-state index is 13.5. The molecule has 0 aliphatic carbocycles. The Kier molecular flexibility index (Phi) is 6.44. The molecule has 0 fully saturated rings. The van der Waals surface area contributed by atoms with E-state index in [1.54, 1.807) is 34.0 Å². The number of hydrogen-bond donors (Lipinski definition) is 1. The number of ether oxygens (including phenoxy) is 1. The van der Waals surface area contributed by atoms with Gasteiger partial charge in [-0.15, -0.1) is 0 Å². The Balaban J connectivity index is 1.59. The van der Waals surface area contributed by atoms with Gasteiger partial charge in [0, 0.05) is 17.9 Å². The molecule has 0 radical (unpaired) electrons. The maximum Gasteiger partial charge on any atom is 0.263 e. The molecule has 0 bridgehead atoms. The van der Waals surface area contributed by atoms with Crippen LogP contribution in [0.5, 0.6) is 5.75 Å². The van der Waals surface area contributed by atoms with Gasteiger partial charge in [0.05, 0.1) is 23.5 Å². The molecule has 1 N–H and O–H groups in total. The fraction of sp³-hybridized carbons (Fsp3) is 0.360. The van der Waals surface area contributed by atoms with Crippen LogP contribution in [0.25, 0.3) is 5.82 Å². The van der Waals surface area contributed by atoms with Gasteiger partial charge >= 0.3 is 0 Å². The van der Waals surface area contributed by atoms with Crippen molar-refractivity contribution in [3.63, 3.8) is 0 Å². The highest BCUT2D eigenvalue weighted by Crippen LogP contribution is 2.34. The molecule has 3 heterocycles. The third-order valence-electron chi connectivity index (χ3n) is 5.86. The zero-order valence-corrected chi connectivity index (χ0v) is 19.4. The van der Waals surface area contributed by atoms with Gasteiger partial charge in [-0.3, -0.25) is 9.59 Å². The summed E-state index contributed by atoms with van der Waals surface area (Å²) in [6.07, 6.45) is 2.43. The first-order valence-corrected chi connectivity index (χ1v) is 11.3. The largest absolute Gasteiger partial charge is 0.477 e. The molecule has 8 nitrogen and oxygen atoms in total. The van der Waals surface area contributed by atoms with Crippen molar-refractivity contribution in [2.24, 2.45) is 0 Å². The number of nitrogens with one attached hydrogen (secondary N) is 1. The SMILES string of the molecule is CCC(CC)NC(=O)C1CN(C(=O)c2ccc(-n3nc(C)cc3C)nc2)c2ccccc2O1. The number of carbonyl (C=O) groups excluding carboxylic acids is 2. The highest BCUT2D eigenvalue weighted by Gasteiger charge is 2.34. The van der Waals surface area contributed by atoms with Crippen LogP contribution in [-0.4, -0.2) is 45.3 Å². The highest BCUT2D eigenvalue weighted by atomic mass is 16.5. The summed E-state index contributed by atoms with van der Waals surface area (Å²) in [5, 5.41) is 7.46. The number of pyridine rings is 1. The van der Waals surface area contributed by atoms with Gasteiger partial charge in [-0.1, -0.05) is 26.0 Å². The summed E-state index contributed by atoms with van der Waals surface area (Å²) in [6, 6.07) is 12.8. The lowest BCUT2D eigenvalue weighted by atomic mass is 10.1. The molecule has 1 aromatic carbocycles. The number of rotatable bonds is 6. The first-order valence-electron chi connectivity index (χ1n) is 11.3. The van der Waals surface area contributed by atoms with E-state index >= 15 is 0 Å². The molecule has 1 atom stereocenters. The standard InChI is InChI=1S/C25H29N5O3/c1-5-19(6-2)27-24(31)22-15-29(20-9-7-8-10-21(20)33-22)25(32)18-11-12-23(26-14-18)30-17(4)13-16(3)28-30/h7-14,19,22H,5-6,15H2,1-4H3,(H,27,31). The molecule has 172 valence electrons. The number of amides is 2. The minimum absolute atomic E-state index is 0.0774. The van der Waals surface area contributed by atoms with Crippen LogP contribution in [0.2, 0.25) is 0 Å². The van der Waals surface area contributed by atoms with Gasteiger partial charge < -0.3 is 15.0 Å². The van der Waals surface area contributed by atoms with Gasteiger partial charge in [-0.05, 0) is 57.0 Å². The summed E-state index contributed by atoms with van der Waals surface area (Å²) in [4.78, 5) is 32.4. The Morgan fingerprint density at radius 1 is 1.15 bits per heavy atom. The third kappa shape index (κ3) is 4.60. The number of benzene rings is 1. The van der Waals surface area contributed by atoms with E-state index in [-0.39, 0.29) is 24.4 Å². The zero-order valence-electron chi connectivity index (χ0n) is 19.4. The molecular formula is C25H29N5O3. The van der Waals surface area contributed by atoms with E-state index in [1.165, 1.54) is 0 Å². The number of hydrogen-bond acceptors (Lipinski definition) is 5. The number of nitrogens with zero attached hydrogens (tertiary/aromatic N) is 4. The molecule has 0 spiro atoms. The summed E-state index contributed by atoms with van der Waals surface area (Å²) in [7, 11) is 0. The summed E-state index contributed by atoms with van der Waals surface area (Å²) in [5.74, 6) is 0.698. The van der Waals surface area contributed by atoms with Crippen LogP contribution in [0.3, 0.4) is 0 Å². The predicted molar refractivity (Wildman–Crippen MR) is 126 cm³/mol. The van der Waals surface area contributed by atoms with Crippen molar-refractivity contribution in [2.75, 3.05) is 11.4 Å². The molecule has 1 aliphatic heterocycles. The van der Waals surface area contributed by atoms with Gasteiger partial charge in [0.15, 0.2) is 11.9 Å². The zero-order chi connectivity index (χ0) is 23.5. The van der Waals surface area contributed by atoms with Crippen LogP contribution in [-0.2, 0) is 4.79 Å². The number of anilines is 1. The minimum atomic E-state index is -0.786. The second-order valence-electron chi connectivity index (χ2n) is 8.26. The molecule has 2 amide bonds. The topological polar surface area (TPSA) is 89.4 Å². The maximum atomic E-state index is 13.5. The first kappa shape index (κ1) is 22.5. The smallest absolute Gasteiger partial charge is 0.263 e. The highest BCUT2D eigenvalue weighted by molar-refractivity contribution is 6.07. The Morgan fingerprint density at radius 3 is 2.55 bits per heavy atom.